The summed E-state index contributed by atoms with van der Waals surface area (Å²) in [5, 5.41) is 0. The van der Waals surface area contributed by atoms with E-state index < -0.39 is 18.4 Å². The van der Waals surface area contributed by atoms with E-state index in [-0.39, 0.29) is 10.8 Å². The number of fused-ring (bicyclic) bond motifs is 1. The topological polar surface area (TPSA) is 9.23 Å². The van der Waals surface area contributed by atoms with Gasteiger partial charge in [0, 0.05) is 0 Å². The number of hydrogen-bond acceptors (Lipinski definition) is 1. The van der Waals surface area contributed by atoms with E-state index in [9.17, 15) is 0 Å². The Morgan fingerprint density at radius 3 is 1.83 bits per heavy atom. The van der Waals surface area contributed by atoms with Crippen molar-refractivity contribution in [1.29, 1.82) is 0 Å². The Hall–Kier alpha value is -0.961. The van der Waals surface area contributed by atoms with Gasteiger partial charge in [-0.25, -0.2) is 0 Å². The van der Waals surface area contributed by atoms with E-state index in [2.05, 4.69) is 90.9 Å². The Morgan fingerprint density at radius 1 is 0.714 bits per heavy atom. The number of ether oxygens (including phenoxy) is 1. The second-order valence-corrected chi connectivity index (χ2v) is 25.7. The molecular formula is C33H52OSn. The quantitative estimate of drug-likeness (QED) is 0.213. The Labute approximate surface area is 221 Å². The molecule has 1 aliphatic rings. The van der Waals surface area contributed by atoms with Gasteiger partial charge in [-0.15, -0.1) is 0 Å². The van der Waals surface area contributed by atoms with Crippen LogP contribution in [0.5, 0.6) is 5.75 Å². The molecule has 0 spiro atoms. The molecular weight excluding hydrogens is 531 g/mol. The predicted molar refractivity (Wildman–Crippen MR) is 157 cm³/mol. The summed E-state index contributed by atoms with van der Waals surface area (Å²) in [5.74, 6) is 1.20. The van der Waals surface area contributed by atoms with Gasteiger partial charge in [-0.1, -0.05) is 0 Å². The average molecular weight is 583 g/mol. The van der Waals surface area contributed by atoms with Crippen LogP contribution in [0.4, 0.5) is 0 Å². The standard InChI is InChI=1S/C21H25O.3C4H9.Sn/c1-20(2)12-13-21(3,4)19-14-16(10-11-18(19)20)15-22-17-8-6-5-7-9-17;3*1-3-4-2;/h5-8,10-11,14H,12-13,15H2,1-4H3;3*1,3-4H2,2H3;. The summed E-state index contributed by atoms with van der Waals surface area (Å²) in [6.45, 7) is 17.4. The molecule has 0 heterocycles. The third-order valence-corrected chi connectivity index (χ3v) is 24.5. The second kappa shape index (κ2) is 12.5. The van der Waals surface area contributed by atoms with Gasteiger partial charge in [0.15, 0.2) is 0 Å². The van der Waals surface area contributed by atoms with Gasteiger partial charge in [0.1, 0.15) is 0 Å². The van der Waals surface area contributed by atoms with Crippen LogP contribution in [0.1, 0.15) is 117 Å². The van der Waals surface area contributed by atoms with Crippen LogP contribution in [0, 0.1) is 0 Å². The zero-order valence-electron chi connectivity index (χ0n) is 23.9. The van der Waals surface area contributed by atoms with E-state index in [4.69, 9.17) is 4.74 Å². The molecule has 2 heteroatoms. The van der Waals surface area contributed by atoms with E-state index >= 15 is 0 Å². The molecule has 0 saturated carbocycles. The summed E-state index contributed by atoms with van der Waals surface area (Å²) in [5.41, 5.74) is 4.89. The second-order valence-electron chi connectivity index (χ2n) is 12.5. The summed E-state index contributed by atoms with van der Waals surface area (Å²) in [6.07, 6.45) is 10.6. The number of benzene rings is 2. The molecule has 0 unspecified atom stereocenters. The molecule has 0 saturated heterocycles. The third kappa shape index (κ3) is 6.88. The van der Waals surface area contributed by atoms with Gasteiger partial charge in [0.25, 0.3) is 0 Å². The van der Waals surface area contributed by atoms with Crippen LogP contribution in [0.25, 0.3) is 0 Å². The molecule has 0 amide bonds. The van der Waals surface area contributed by atoms with Crippen molar-refractivity contribution in [2.24, 2.45) is 0 Å². The summed E-state index contributed by atoms with van der Waals surface area (Å²) in [7, 11) is 0. The molecule has 1 nitrogen and oxygen atoms in total. The molecule has 1 aliphatic carbocycles. The summed E-state index contributed by atoms with van der Waals surface area (Å²) >= 11 is -2.55. The van der Waals surface area contributed by atoms with Gasteiger partial charge in [0.2, 0.25) is 0 Å². The van der Waals surface area contributed by atoms with Crippen LogP contribution in [0.3, 0.4) is 0 Å². The molecule has 0 aliphatic heterocycles. The fourth-order valence-corrected chi connectivity index (χ4v) is 22.7. The molecule has 2 aromatic carbocycles. The number of rotatable bonds is 13. The number of unbranched alkanes of at least 4 members (excludes halogenated alkanes) is 3. The molecule has 194 valence electrons. The molecule has 35 heavy (non-hydrogen) atoms. The molecule has 0 fully saturated rings. The van der Waals surface area contributed by atoms with E-state index in [1.54, 1.807) is 3.58 Å². The van der Waals surface area contributed by atoms with Crippen molar-refractivity contribution in [3.05, 3.63) is 59.2 Å². The third-order valence-electron chi connectivity index (χ3n) is 8.80. The Morgan fingerprint density at radius 2 is 1.26 bits per heavy atom. The minimum absolute atomic E-state index is 0.241. The van der Waals surface area contributed by atoms with Gasteiger partial charge in [-0.2, -0.15) is 0 Å². The van der Waals surface area contributed by atoms with Crippen LogP contribution in [0.15, 0.2) is 42.5 Å². The van der Waals surface area contributed by atoms with Crippen molar-refractivity contribution in [3.63, 3.8) is 0 Å². The van der Waals surface area contributed by atoms with E-state index in [1.807, 2.05) is 0 Å². The van der Waals surface area contributed by atoms with Gasteiger partial charge >= 0.3 is 222 Å². The van der Waals surface area contributed by atoms with Crippen molar-refractivity contribution in [2.45, 2.75) is 131 Å². The van der Waals surface area contributed by atoms with Crippen LogP contribution in [0.2, 0.25) is 13.3 Å². The van der Waals surface area contributed by atoms with Crippen LogP contribution in [-0.2, 0) is 17.4 Å². The normalized spacial score (nSPS) is 16.7. The molecule has 2 aromatic rings. The molecule has 0 atom stereocenters. The van der Waals surface area contributed by atoms with E-state index in [1.165, 1.54) is 87.1 Å². The molecule has 0 N–H and O–H groups in total. The summed E-state index contributed by atoms with van der Waals surface area (Å²) < 4.78 is 12.8. The Bertz CT molecular complexity index is 920. The first-order chi connectivity index (χ1) is 16.7. The van der Waals surface area contributed by atoms with Crippen LogP contribution >= 0.6 is 0 Å². The zero-order chi connectivity index (χ0) is 25.5. The average Bonchev–Trinajstić information content (AvgIpc) is 2.86. The zero-order valence-corrected chi connectivity index (χ0v) is 26.8. The Kier molecular flexibility index (Phi) is 10.2. The minimum atomic E-state index is -2.55. The van der Waals surface area contributed by atoms with Gasteiger partial charge in [-0.05, 0) is 0 Å². The van der Waals surface area contributed by atoms with Gasteiger partial charge in [-0.3, -0.25) is 0 Å². The van der Waals surface area contributed by atoms with Crippen molar-refractivity contribution in [3.8, 4) is 5.75 Å². The fraction of sp³-hybridized carbons (Fsp3) is 0.636. The van der Waals surface area contributed by atoms with Crippen LogP contribution < -0.4 is 8.32 Å². The molecule has 0 radical (unpaired) electrons. The van der Waals surface area contributed by atoms with E-state index in [0.717, 1.165) is 0 Å². The first kappa shape index (κ1) is 28.6. The van der Waals surface area contributed by atoms with E-state index in [0.29, 0.717) is 6.61 Å². The van der Waals surface area contributed by atoms with Crippen molar-refractivity contribution >= 4 is 22.0 Å². The SMILES string of the molecule is CCC[CH2][Sn]([CH2]CCC)([CH2]CCC)[c]1ccccc1OCc1ccc2c(c1)C(C)(C)CCC2(C)C. The fourth-order valence-electron chi connectivity index (χ4n) is 6.24. The van der Waals surface area contributed by atoms with Gasteiger partial charge in [0.05, 0.1) is 0 Å². The maximum absolute atomic E-state index is 6.73. The van der Waals surface area contributed by atoms with Crippen molar-refractivity contribution in [1.82, 2.24) is 0 Å². The van der Waals surface area contributed by atoms with Gasteiger partial charge < -0.3 is 0 Å². The maximum atomic E-state index is 6.73. The molecule has 0 bridgehead atoms. The number of hydrogen-bond donors (Lipinski definition) is 0. The number of para-hydroxylation sites is 1. The van der Waals surface area contributed by atoms with Crippen LogP contribution in [-0.4, -0.2) is 18.4 Å². The molecule has 3 rings (SSSR count). The summed E-state index contributed by atoms with van der Waals surface area (Å²) in [6, 6.07) is 16.4. The summed E-state index contributed by atoms with van der Waals surface area (Å²) in [4.78, 5) is 0. The molecule has 0 aromatic heterocycles. The first-order valence-corrected chi connectivity index (χ1v) is 22.0. The predicted octanol–water partition coefficient (Wildman–Crippen LogP) is 9.67. The monoisotopic (exact) mass is 584 g/mol. The van der Waals surface area contributed by atoms with Crippen molar-refractivity contribution in [2.75, 3.05) is 0 Å². The van der Waals surface area contributed by atoms with Crippen molar-refractivity contribution < 1.29 is 4.74 Å². The Balaban J connectivity index is 1.91. The first-order valence-electron chi connectivity index (χ1n) is 14.6.